The molecule has 1 aromatic carbocycles. The largest absolute Gasteiger partial charge is 0.395 e. The standard InChI is InChI=1S/C17H18N4O/c22-11-17(5-7-18-10-17)13-3-1-2-12(8-13)14-4-6-19-16-15(14)9-20-21-16/h1-4,6,8-9,18,22H,5,7,10-11H2,(H,19,20,21). The number of nitrogens with one attached hydrogen (secondary N) is 2. The zero-order valence-electron chi connectivity index (χ0n) is 12.2. The number of fused-ring (bicyclic) bond motifs is 1. The molecule has 1 aliphatic rings. The third-order valence-electron chi connectivity index (χ3n) is 4.69. The molecule has 1 saturated heterocycles. The average molecular weight is 294 g/mol. The minimum absolute atomic E-state index is 0.168. The summed E-state index contributed by atoms with van der Waals surface area (Å²) in [5, 5.41) is 21.3. The van der Waals surface area contributed by atoms with Crippen LogP contribution in [0.1, 0.15) is 12.0 Å². The van der Waals surface area contributed by atoms with E-state index in [0.717, 1.165) is 41.7 Å². The fourth-order valence-electron chi connectivity index (χ4n) is 3.34. The molecule has 3 N–H and O–H groups in total. The van der Waals surface area contributed by atoms with Crippen molar-refractivity contribution in [3.63, 3.8) is 0 Å². The van der Waals surface area contributed by atoms with E-state index in [2.05, 4.69) is 44.8 Å². The molecule has 0 saturated carbocycles. The third-order valence-corrected chi connectivity index (χ3v) is 4.69. The Kier molecular flexibility index (Phi) is 3.17. The van der Waals surface area contributed by atoms with Crippen molar-refractivity contribution in [2.45, 2.75) is 11.8 Å². The molecule has 0 spiro atoms. The van der Waals surface area contributed by atoms with Crippen LogP contribution in [0.25, 0.3) is 22.2 Å². The van der Waals surface area contributed by atoms with Crippen LogP contribution in [0.2, 0.25) is 0 Å². The Morgan fingerprint density at radius 1 is 1.27 bits per heavy atom. The lowest BCUT2D eigenvalue weighted by Crippen LogP contribution is -2.33. The molecule has 0 bridgehead atoms. The molecule has 1 atom stereocenters. The second kappa shape index (κ2) is 5.19. The summed E-state index contributed by atoms with van der Waals surface area (Å²) in [6.07, 6.45) is 4.56. The Morgan fingerprint density at radius 2 is 2.23 bits per heavy atom. The van der Waals surface area contributed by atoms with Gasteiger partial charge in [-0.25, -0.2) is 4.98 Å². The van der Waals surface area contributed by atoms with Crippen LogP contribution >= 0.6 is 0 Å². The molecule has 1 fully saturated rings. The van der Waals surface area contributed by atoms with Crippen LogP contribution in [-0.2, 0) is 5.41 Å². The van der Waals surface area contributed by atoms with Crippen LogP contribution in [0.15, 0.2) is 42.7 Å². The SMILES string of the molecule is OCC1(c2cccc(-c3ccnc4[nH]ncc34)c2)CCNC1. The van der Waals surface area contributed by atoms with Gasteiger partial charge in [-0.05, 0) is 35.7 Å². The van der Waals surface area contributed by atoms with E-state index in [1.54, 1.807) is 6.20 Å². The van der Waals surface area contributed by atoms with Crippen molar-refractivity contribution >= 4 is 11.0 Å². The van der Waals surface area contributed by atoms with Crippen LogP contribution in [0.5, 0.6) is 0 Å². The number of aromatic nitrogens is 3. The Labute approximate surface area is 128 Å². The number of benzene rings is 1. The highest BCUT2D eigenvalue weighted by atomic mass is 16.3. The lowest BCUT2D eigenvalue weighted by molar-refractivity contribution is 0.205. The number of aliphatic hydroxyl groups excluding tert-OH is 1. The zero-order valence-corrected chi connectivity index (χ0v) is 12.2. The first-order valence-corrected chi connectivity index (χ1v) is 7.53. The smallest absolute Gasteiger partial charge is 0.155 e. The van der Waals surface area contributed by atoms with Gasteiger partial charge in [0.1, 0.15) is 0 Å². The number of hydrogen-bond acceptors (Lipinski definition) is 4. The van der Waals surface area contributed by atoms with Crippen LogP contribution in [0, 0.1) is 0 Å². The summed E-state index contributed by atoms with van der Waals surface area (Å²) < 4.78 is 0. The Balaban J connectivity index is 1.84. The monoisotopic (exact) mass is 294 g/mol. The van der Waals surface area contributed by atoms with Gasteiger partial charge in [0.05, 0.1) is 12.8 Å². The number of pyridine rings is 1. The van der Waals surface area contributed by atoms with Gasteiger partial charge in [-0.1, -0.05) is 24.3 Å². The van der Waals surface area contributed by atoms with Crippen molar-refractivity contribution < 1.29 is 5.11 Å². The predicted molar refractivity (Wildman–Crippen MR) is 85.6 cm³/mol. The van der Waals surface area contributed by atoms with Gasteiger partial charge >= 0.3 is 0 Å². The summed E-state index contributed by atoms with van der Waals surface area (Å²) in [5.41, 5.74) is 4.05. The number of aromatic amines is 1. The number of rotatable bonds is 3. The summed E-state index contributed by atoms with van der Waals surface area (Å²) in [5.74, 6) is 0. The van der Waals surface area contributed by atoms with E-state index < -0.39 is 0 Å². The summed E-state index contributed by atoms with van der Waals surface area (Å²) in [6.45, 7) is 1.94. The van der Waals surface area contributed by atoms with Crippen molar-refractivity contribution in [3.05, 3.63) is 48.3 Å². The van der Waals surface area contributed by atoms with Gasteiger partial charge < -0.3 is 10.4 Å². The van der Waals surface area contributed by atoms with E-state index in [9.17, 15) is 5.11 Å². The van der Waals surface area contributed by atoms with Gasteiger partial charge in [0.2, 0.25) is 0 Å². The molecule has 5 nitrogen and oxygen atoms in total. The van der Waals surface area contributed by atoms with Gasteiger partial charge in [0, 0.05) is 23.5 Å². The summed E-state index contributed by atoms with van der Waals surface area (Å²) in [4.78, 5) is 4.29. The first-order chi connectivity index (χ1) is 10.8. The van der Waals surface area contributed by atoms with E-state index in [-0.39, 0.29) is 12.0 Å². The highest BCUT2D eigenvalue weighted by molar-refractivity contribution is 5.92. The van der Waals surface area contributed by atoms with Crippen molar-refractivity contribution in [1.82, 2.24) is 20.5 Å². The normalized spacial score (nSPS) is 21.5. The molecule has 5 heteroatoms. The lowest BCUT2D eigenvalue weighted by Gasteiger charge is -2.26. The first kappa shape index (κ1) is 13.4. The molecule has 2 aromatic heterocycles. The molecule has 0 aliphatic carbocycles. The van der Waals surface area contributed by atoms with Gasteiger partial charge in [0.25, 0.3) is 0 Å². The fraction of sp³-hybridized carbons (Fsp3) is 0.294. The summed E-state index contributed by atoms with van der Waals surface area (Å²) in [7, 11) is 0. The minimum Gasteiger partial charge on any atom is -0.395 e. The first-order valence-electron chi connectivity index (χ1n) is 7.53. The fourth-order valence-corrected chi connectivity index (χ4v) is 3.34. The van der Waals surface area contributed by atoms with Crippen LogP contribution in [0.3, 0.4) is 0 Å². The van der Waals surface area contributed by atoms with Crippen molar-refractivity contribution in [3.8, 4) is 11.1 Å². The van der Waals surface area contributed by atoms with Crippen molar-refractivity contribution in [2.75, 3.05) is 19.7 Å². The van der Waals surface area contributed by atoms with E-state index in [0.29, 0.717) is 0 Å². The highest BCUT2D eigenvalue weighted by Gasteiger charge is 2.35. The number of H-pyrrole nitrogens is 1. The molecular formula is C17H18N4O. The van der Waals surface area contributed by atoms with Crippen LogP contribution in [-0.4, -0.2) is 40.0 Å². The molecule has 112 valence electrons. The zero-order chi connectivity index (χ0) is 15.0. The maximum Gasteiger partial charge on any atom is 0.155 e. The Hall–Kier alpha value is -2.24. The quantitative estimate of drug-likeness (QED) is 0.689. The predicted octanol–water partition coefficient (Wildman–Crippen LogP) is 1.85. The second-order valence-corrected chi connectivity index (χ2v) is 5.94. The number of hydrogen-bond donors (Lipinski definition) is 3. The van der Waals surface area contributed by atoms with Crippen LogP contribution in [0.4, 0.5) is 0 Å². The van der Waals surface area contributed by atoms with E-state index in [4.69, 9.17) is 0 Å². The molecule has 1 aliphatic heterocycles. The molecule has 0 amide bonds. The molecule has 0 radical (unpaired) electrons. The van der Waals surface area contributed by atoms with Gasteiger partial charge in [0.15, 0.2) is 5.65 Å². The lowest BCUT2D eigenvalue weighted by atomic mass is 9.79. The molecule has 3 heterocycles. The van der Waals surface area contributed by atoms with Crippen LogP contribution < -0.4 is 5.32 Å². The Morgan fingerprint density at radius 3 is 3.05 bits per heavy atom. The summed E-state index contributed by atoms with van der Waals surface area (Å²) in [6, 6.07) is 10.5. The van der Waals surface area contributed by atoms with Gasteiger partial charge in [-0.2, -0.15) is 5.10 Å². The Bertz CT molecular complexity index is 805. The van der Waals surface area contributed by atoms with Crippen molar-refractivity contribution in [1.29, 1.82) is 0 Å². The van der Waals surface area contributed by atoms with Gasteiger partial charge in [-0.15, -0.1) is 0 Å². The molecule has 22 heavy (non-hydrogen) atoms. The van der Waals surface area contributed by atoms with Crippen molar-refractivity contribution in [2.24, 2.45) is 0 Å². The average Bonchev–Trinajstić information content (AvgIpc) is 3.24. The number of nitrogens with zero attached hydrogens (tertiary/aromatic N) is 2. The van der Waals surface area contributed by atoms with Gasteiger partial charge in [-0.3, -0.25) is 5.10 Å². The van der Waals surface area contributed by atoms with E-state index in [1.165, 1.54) is 5.56 Å². The minimum atomic E-state index is -0.168. The topological polar surface area (TPSA) is 73.8 Å². The van der Waals surface area contributed by atoms with E-state index in [1.807, 2.05) is 12.3 Å². The molecule has 1 unspecified atom stereocenters. The van der Waals surface area contributed by atoms with E-state index >= 15 is 0 Å². The number of aliphatic hydroxyl groups is 1. The maximum atomic E-state index is 9.91. The molecule has 4 rings (SSSR count). The third kappa shape index (κ3) is 2.01. The second-order valence-electron chi connectivity index (χ2n) is 5.94. The molecular weight excluding hydrogens is 276 g/mol. The highest BCUT2D eigenvalue weighted by Crippen LogP contribution is 2.34. The maximum absolute atomic E-state index is 9.91. The molecule has 3 aromatic rings. The summed E-state index contributed by atoms with van der Waals surface area (Å²) >= 11 is 0.